The van der Waals surface area contributed by atoms with Crippen LogP contribution in [-0.4, -0.2) is 44.1 Å². The SMILES string of the molecule is COCc1ccc(C(=O)NCc2ccccc2CN2CCN(c3ccccc3)CC2)o1. The van der Waals surface area contributed by atoms with Crippen LogP contribution in [0.15, 0.2) is 71.1 Å². The van der Waals surface area contributed by atoms with Gasteiger partial charge in [-0.1, -0.05) is 42.5 Å². The number of piperazine rings is 1. The van der Waals surface area contributed by atoms with Gasteiger partial charge in [0.25, 0.3) is 5.91 Å². The summed E-state index contributed by atoms with van der Waals surface area (Å²) in [5, 5.41) is 2.98. The topological polar surface area (TPSA) is 58.0 Å². The number of amides is 1. The normalized spacial score (nSPS) is 14.5. The van der Waals surface area contributed by atoms with Gasteiger partial charge in [-0.05, 0) is 35.4 Å². The Labute approximate surface area is 183 Å². The lowest BCUT2D eigenvalue weighted by molar-refractivity contribution is 0.0914. The zero-order chi connectivity index (χ0) is 21.5. The quantitative estimate of drug-likeness (QED) is 0.604. The Balaban J connectivity index is 1.32. The van der Waals surface area contributed by atoms with Gasteiger partial charge in [0.2, 0.25) is 0 Å². The summed E-state index contributed by atoms with van der Waals surface area (Å²) in [6.07, 6.45) is 0. The summed E-state index contributed by atoms with van der Waals surface area (Å²) in [7, 11) is 1.60. The van der Waals surface area contributed by atoms with Crippen molar-refractivity contribution < 1.29 is 13.9 Å². The highest BCUT2D eigenvalue weighted by Crippen LogP contribution is 2.18. The van der Waals surface area contributed by atoms with Crippen LogP contribution in [0.1, 0.15) is 27.4 Å². The second kappa shape index (κ2) is 10.3. The van der Waals surface area contributed by atoms with Gasteiger partial charge < -0.3 is 19.4 Å². The van der Waals surface area contributed by atoms with Gasteiger partial charge in [0.15, 0.2) is 5.76 Å². The van der Waals surface area contributed by atoms with E-state index < -0.39 is 0 Å². The van der Waals surface area contributed by atoms with Crippen LogP contribution < -0.4 is 10.2 Å². The molecule has 1 aliphatic rings. The van der Waals surface area contributed by atoms with E-state index >= 15 is 0 Å². The number of anilines is 1. The van der Waals surface area contributed by atoms with Gasteiger partial charge in [-0.15, -0.1) is 0 Å². The Hall–Kier alpha value is -3.09. The second-order valence-electron chi connectivity index (χ2n) is 7.75. The molecule has 6 heteroatoms. The molecule has 0 spiro atoms. The van der Waals surface area contributed by atoms with Gasteiger partial charge in [-0.3, -0.25) is 9.69 Å². The molecule has 1 amide bonds. The summed E-state index contributed by atoms with van der Waals surface area (Å²) in [6.45, 7) is 5.78. The molecule has 2 aromatic carbocycles. The summed E-state index contributed by atoms with van der Waals surface area (Å²) in [5.41, 5.74) is 3.66. The third-order valence-corrected chi connectivity index (χ3v) is 5.62. The molecule has 0 bridgehead atoms. The smallest absolute Gasteiger partial charge is 0.287 e. The summed E-state index contributed by atoms with van der Waals surface area (Å²) < 4.78 is 10.6. The van der Waals surface area contributed by atoms with Crippen LogP contribution in [0.3, 0.4) is 0 Å². The van der Waals surface area contributed by atoms with Crippen molar-refractivity contribution in [1.29, 1.82) is 0 Å². The third kappa shape index (κ3) is 5.54. The van der Waals surface area contributed by atoms with Crippen LogP contribution >= 0.6 is 0 Å². The average Bonchev–Trinajstić information content (AvgIpc) is 3.28. The summed E-state index contributed by atoms with van der Waals surface area (Å²) in [6, 6.07) is 22.3. The zero-order valence-corrected chi connectivity index (χ0v) is 17.9. The van der Waals surface area contributed by atoms with Crippen LogP contribution in [0.5, 0.6) is 0 Å². The lowest BCUT2D eigenvalue weighted by Gasteiger charge is -2.36. The Bertz CT molecular complexity index is 978. The molecule has 0 saturated carbocycles. The van der Waals surface area contributed by atoms with Crippen molar-refractivity contribution in [1.82, 2.24) is 10.2 Å². The molecule has 6 nitrogen and oxygen atoms in total. The molecule has 0 atom stereocenters. The molecule has 1 aliphatic heterocycles. The number of hydrogen-bond donors (Lipinski definition) is 1. The highest BCUT2D eigenvalue weighted by molar-refractivity contribution is 5.91. The van der Waals surface area contributed by atoms with Gasteiger partial charge in [-0.25, -0.2) is 0 Å². The van der Waals surface area contributed by atoms with Crippen molar-refractivity contribution in [2.75, 3.05) is 38.2 Å². The lowest BCUT2D eigenvalue weighted by Crippen LogP contribution is -2.46. The summed E-state index contributed by atoms with van der Waals surface area (Å²) in [5.74, 6) is 0.734. The van der Waals surface area contributed by atoms with Crippen LogP contribution in [0.2, 0.25) is 0 Å². The molecule has 162 valence electrons. The first kappa shape index (κ1) is 21.2. The van der Waals surface area contributed by atoms with E-state index in [1.807, 2.05) is 6.07 Å². The van der Waals surface area contributed by atoms with Crippen LogP contribution in [0.25, 0.3) is 0 Å². The summed E-state index contributed by atoms with van der Waals surface area (Å²) in [4.78, 5) is 17.4. The molecule has 1 saturated heterocycles. The number of ether oxygens (including phenoxy) is 1. The first-order chi connectivity index (χ1) is 15.2. The first-order valence-electron chi connectivity index (χ1n) is 10.7. The molecule has 2 heterocycles. The van der Waals surface area contributed by atoms with Gasteiger partial charge in [0, 0.05) is 52.1 Å². The molecular formula is C25H29N3O3. The highest BCUT2D eigenvalue weighted by atomic mass is 16.5. The maximum atomic E-state index is 12.4. The van der Waals surface area contributed by atoms with E-state index in [1.165, 1.54) is 11.3 Å². The predicted molar refractivity (Wildman–Crippen MR) is 121 cm³/mol. The van der Waals surface area contributed by atoms with Crippen LogP contribution in [0.4, 0.5) is 5.69 Å². The number of hydrogen-bond acceptors (Lipinski definition) is 5. The van der Waals surface area contributed by atoms with E-state index in [9.17, 15) is 4.79 Å². The number of methoxy groups -OCH3 is 1. The number of para-hydroxylation sites is 1. The van der Waals surface area contributed by atoms with E-state index in [1.54, 1.807) is 19.2 Å². The molecule has 31 heavy (non-hydrogen) atoms. The maximum Gasteiger partial charge on any atom is 0.287 e. The highest BCUT2D eigenvalue weighted by Gasteiger charge is 2.18. The molecular weight excluding hydrogens is 390 g/mol. The standard InChI is InChI=1S/C25H29N3O3/c1-30-19-23-11-12-24(31-23)25(29)26-17-20-7-5-6-8-21(20)18-27-13-15-28(16-14-27)22-9-3-2-4-10-22/h2-12H,13-19H2,1H3,(H,26,29). The second-order valence-corrected chi connectivity index (χ2v) is 7.75. The first-order valence-corrected chi connectivity index (χ1v) is 10.7. The van der Waals surface area contributed by atoms with E-state index in [0.717, 1.165) is 38.3 Å². The van der Waals surface area contributed by atoms with Crippen molar-refractivity contribution in [3.63, 3.8) is 0 Å². The Morgan fingerprint density at radius 2 is 1.65 bits per heavy atom. The molecule has 1 aromatic heterocycles. The van der Waals surface area contributed by atoms with Crippen molar-refractivity contribution in [2.45, 2.75) is 19.7 Å². The Morgan fingerprint density at radius 1 is 0.935 bits per heavy atom. The molecule has 1 N–H and O–H groups in total. The zero-order valence-electron chi connectivity index (χ0n) is 17.9. The van der Waals surface area contributed by atoms with Gasteiger partial charge >= 0.3 is 0 Å². The fraction of sp³-hybridized carbons (Fsp3) is 0.320. The summed E-state index contributed by atoms with van der Waals surface area (Å²) >= 11 is 0. The van der Waals surface area contributed by atoms with Crippen molar-refractivity contribution >= 4 is 11.6 Å². The van der Waals surface area contributed by atoms with Gasteiger partial charge in [0.1, 0.15) is 12.4 Å². The molecule has 4 rings (SSSR count). The number of nitrogens with zero attached hydrogens (tertiary/aromatic N) is 2. The molecule has 1 fully saturated rings. The lowest BCUT2D eigenvalue weighted by atomic mass is 10.1. The van der Waals surface area contributed by atoms with Crippen molar-refractivity contribution in [3.05, 3.63) is 89.4 Å². The van der Waals surface area contributed by atoms with Gasteiger partial charge in [0.05, 0.1) is 0 Å². The van der Waals surface area contributed by atoms with E-state index in [-0.39, 0.29) is 5.91 Å². The van der Waals surface area contributed by atoms with Crippen LogP contribution in [-0.2, 0) is 24.4 Å². The number of furan rings is 1. The van der Waals surface area contributed by atoms with E-state index in [4.69, 9.17) is 9.15 Å². The largest absolute Gasteiger partial charge is 0.453 e. The minimum atomic E-state index is -0.214. The van der Waals surface area contributed by atoms with Crippen molar-refractivity contribution in [3.8, 4) is 0 Å². The molecule has 0 radical (unpaired) electrons. The fourth-order valence-corrected chi connectivity index (χ4v) is 3.91. The molecule has 0 unspecified atom stereocenters. The number of benzene rings is 2. The van der Waals surface area contributed by atoms with Crippen molar-refractivity contribution in [2.24, 2.45) is 0 Å². The molecule has 3 aromatic rings. The molecule has 0 aliphatic carbocycles. The maximum absolute atomic E-state index is 12.4. The number of nitrogens with one attached hydrogen (secondary N) is 1. The number of rotatable bonds is 8. The minimum absolute atomic E-state index is 0.214. The predicted octanol–water partition coefficient (Wildman–Crippen LogP) is 3.68. The third-order valence-electron chi connectivity index (χ3n) is 5.62. The minimum Gasteiger partial charge on any atom is -0.453 e. The van der Waals surface area contributed by atoms with Gasteiger partial charge in [-0.2, -0.15) is 0 Å². The Kier molecular flexibility index (Phi) is 7.02. The van der Waals surface area contributed by atoms with E-state index in [2.05, 4.69) is 63.6 Å². The monoisotopic (exact) mass is 419 g/mol. The number of carbonyl (C=O) groups excluding carboxylic acids is 1. The fourth-order valence-electron chi connectivity index (χ4n) is 3.91. The Morgan fingerprint density at radius 3 is 2.39 bits per heavy atom. The average molecular weight is 420 g/mol. The van der Waals surface area contributed by atoms with Crippen LogP contribution in [0, 0.1) is 0 Å². The van der Waals surface area contributed by atoms with E-state index in [0.29, 0.717) is 24.7 Å². The number of carbonyl (C=O) groups is 1.